The minimum atomic E-state index is -1.00. The van der Waals surface area contributed by atoms with Crippen molar-refractivity contribution in [3.8, 4) is 0 Å². The van der Waals surface area contributed by atoms with Gasteiger partial charge in [-0.2, -0.15) is 0 Å². The first-order chi connectivity index (χ1) is 9.02. The number of aliphatic carboxylic acids is 1. The number of carboxylic acids is 1. The van der Waals surface area contributed by atoms with Gasteiger partial charge in [-0.25, -0.2) is 4.79 Å². The first-order valence-corrected chi connectivity index (χ1v) is 5.84. The van der Waals surface area contributed by atoms with E-state index in [0.717, 1.165) is 11.6 Å². The normalized spacial score (nSPS) is 12.3. The molecule has 1 unspecified atom stereocenters. The van der Waals surface area contributed by atoms with E-state index in [9.17, 15) is 9.59 Å². The molecule has 0 spiro atoms. The fraction of sp³-hybridized carbons (Fsp3) is 0.286. The zero-order valence-electron chi connectivity index (χ0n) is 10.9. The van der Waals surface area contributed by atoms with Gasteiger partial charge in [-0.1, -0.05) is 12.1 Å². The van der Waals surface area contributed by atoms with Crippen molar-refractivity contribution in [1.29, 1.82) is 0 Å². The Labute approximate surface area is 111 Å². The highest BCUT2D eigenvalue weighted by molar-refractivity contribution is 5.94. The van der Waals surface area contributed by atoms with E-state index in [-0.39, 0.29) is 11.9 Å². The highest BCUT2D eigenvalue weighted by Crippen LogP contribution is 2.06. The van der Waals surface area contributed by atoms with E-state index in [1.807, 2.05) is 6.92 Å². The topological polar surface area (TPSA) is 75.6 Å². The van der Waals surface area contributed by atoms with E-state index in [0.29, 0.717) is 12.2 Å². The molecule has 0 aliphatic rings. The van der Waals surface area contributed by atoms with Crippen molar-refractivity contribution in [3.05, 3.63) is 41.5 Å². The first kappa shape index (κ1) is 14.9. The molecule has 0 aliphatic carbocycles. The second kappa shape index (κ2) is 7.33. The lowest BCUT2D eigenvalue weighted by Gasteiger charge is -2.12. The van der Waals surface area contributed by atoms with Crippen LogP contribution in [0.2, 0.25) is 0 Å². The molecule has 0 fully saturated rings. The molecule has 1 aromatic rings. The second-order valence-corrected chi connectivity index (χ2v) is 4.12. The Balaban J connectivity index is 2.65. The standard InChI is InChI=1S/C14H17NO4/c1-10(9-19-2)15-14(18)12-6-3-11(4-7-12)5-8-13(16)17/h3-8,10H,9H2,1-2H3,(H,15,18)(H,16,17). The number of ether oxygens (including phenoxy) is 1. The van der Waals surface area contributed by atoms with Crippen LogP contribution in [0.1, 0.15) is 22.8 Å². The zero-order chi connectivity index (χ0) is 14.3. The van der Waals surface area contributed by atoms with Crippen LogP contribution in [-0.4, -0.2) is 36.7 Å². The number of amides is 1. The smallest absolute Gasteiger partial charge is 0.328 e. The quantitative estimate of drug-likeness (QED) is 0.763. The van der Waals surface area contributed by atoms with Gasteiger partial charge in [0.15, 0.2) is 0 Å². The molecule has 0 bridgehead atoms. The lowest BCUT2D eigenvalue weighted by molar-refractivity contribution is -0.131. The van der Waals surface area contributed by atoms with Gasteiger partial charge in [-0.05, 0) is 30.7 Å². The Hall–Kier alpha value is -2.14. The molecule has 0 aromatic heterocycles. The number of carboxylic acid groups (broad SMARTS) is 1. The van der Waals surface area contributed by atoms with Gasteiger partial charge in [0.2, 0.25) is 0 Å². The number of benzene rings is 1. The van der Waals surface area contributed by atoms with Crippen LogP contribution in [0.25, 0.3) is 6.08 Å². The molecule has 0 aliphatic heterocycles. The molecule has 1 atom stereocenters. The minimum absolute atomic E-state index is 0.0657. The van der Waals surface area contributed by atoms with Crippen molar-refractivity contribution >= 4 is 18.0 Å². The van der Waals surface area contributed by atoms with Gasteiger partial charge in [-0.3, -0.25) is 4.79 Å². The van der Waals surface area contributed by atoms with Crippen LogP contribution in [-0.2, 0) is 9.53 Å². The van der Waals surface area contributed by atoms with E-state index in [4.69, 9.17) is 9.84 Å². The molecule has 1 amide bonds. The fourth-order valence-corrected chi connectivity index (χ4v) is 1.51. The maximum atomic E-state index is 11.8. The molecule has 0 saturated carbocycles. The average Bonchev–Trinajstić information content (AvgIpc) is 2.37. The molecule has 1 rings (SSSR count). The number of methoxy groups -OCH3 is 1. The van der Waals surface area contributed by atoms with E-state index in [1.54, 1.807) is 31.4 Å². The monoisotopic (exact) mass is 263 g/mol. The number of carbonyl (C=O) groups is 2. The summed E-state index contributed by atoms with van der Waals surface area (Å²) in [4.78, 5) is 22.2. The van der Waals surface area contributed by atoms with Crippen molar-refractivity contribution in [2.24, 2.45) is 0 Å². The Morgan fingerprint density at radius 2 is 2.00 bits per heavy atom. The predicted octanol–water partition coefficient (Wildman–Crippen LogP) is 1.55. The predicted molar refractivity (Wildman–Crippen MR) is 71.9 cm³/mol. The number of nitrogens with one attached hydrogen (secondary N) is 1. The lowest BCUT2D eigenvalue weighted by Crippen LogP contribution is -2.35. The summed E-state index contributed by atoms with van der Waals surface area (Å²) in [5, 5.41) is 11.3. The summed E-state index contributed by atoms with van der Waals surface area (Å²) < 4.78 is 4.93. The molecule has 5 heteroatoms. The third-order valence-electron chi connectivity index (χ3n) is 2.39. The third-order valence-corrected chi connectivity index (χ3v) is 2.39. The van der Waals surface area contributed by atoms with Crippen molar-refractivity contribution in [3.63, 3.8) is 0 Å². The summed E-state index contributed by atoms with van der Waals surface area (Å²) in [7, 11) is 1.58. The van der Waals surface area contributed by atoms with Crippen molar-refractivity contribution in [2.45, 2.75) is 13.0 Å². The van der Waals surface area contributed by atoms with Crippen LogP contribution in [0.5, 0.6) is 0 Å². The summed E-state index contributed by atoms with van der Waals surface area (Å²) in [6.45, 7) is 2.30. The Morgan fingerprint density at radius 3 is 2.53 bits per heavy atom. The van der Waals surface area contributed by atoms with Gasteiger partial charge in [0.25, 0.3) is 5.91 Å². The van der Waals surface area contributed by atoms with E-state index in [1.165, 1.54) is 6.08 Å². The molecule has 2 N–H and O–H groups in total. The van der Waals surface area contributed by atoms with Crippen LogP contribution in [0.4, 0.5) is 0 Å². The molecule has 0 saturated heterocycles. The van der Waals surface area contributed by atoms with Gasteiger partial charge in [0.1, 0.15) is 0 Å². The summed E-state index contributed by atoms with van der Waals surface area (Å²) in [6, 6.07) is 6.61. The number of carbonyl (C=O) groups excluding carboxylic acids is 1. The Kier molecular flexibility index (Phi) is 5.75. The van der Waals surface area contributed by atoms with Crippen LogP contribution in [0.15, 0.2) is 30.3 Å². The van der Waals surface area contributed by atoms with Gasteiger partial charge < -0.3 is 15.2 Å². The van der Waals surface area contributed by atoms with E-state index in [2.05, 4.69) is 5.32 Å². The Bertz CT molecular complexity index is 465. The number of hydrogen-bond donors (Lipinski definition) is 2. The molecule has 1 aromatic carbocycles. The lowest BCUT2D eigenvalue weighted by atomic mass is 10.1. The van der Waals surface area contributed by atoms with Gasteiger partial charge in [0.05, 0.1) is 6.61 Å². The minimum Gasteiger partial charge on any atom is -0.478 e. The number of rotatable bonds is 6. The van der Waals surface area contributed by atoms with E-state index < -0.39 is 5.97 Å². The van der Waals surface area contributed by atoms with Crippen LogP contribution in [0, 0.1) is 0 Å². The van der Waals surface area contributed by atoms with Crippen LogP contribution < -0.4 is 5.32 Å². The van der Waals surface area contributed by atoms with Gasteiger partial charge >= 0.3 is 5.97 Å². The molecule has 5 nitrogen and oxygen atoms in total. The molecular formula is C14H17NO4. The van der Waals surface area contributed by atoms with Crippen LogP contribution in [0.3, 0.4) is 0 Å². The summed E-state index contributed by atoms with van der Waals surface area (Å²) in [5.74, 6) is -1.19. The summed E-state index contributed by atoms with van der Waals surface area (Å²) in [5.41, 5.74) is 1.25. The van der Waals surface area contributed by atoms with Crippen molar-refractivity contribution in [1.82, 2.24) is 5.32 Å². The third kappa shape index (κ3) is 5.35. The highest BCUT2D eigenvalue weighted by Gasteiger charge is 2.08. The van der Waals surface area contributed by atoms with E-state index >= 15 is 0 Å². The molecule has 102 valence electrons. The average molecular weight is 263 g/mol. The molecule has 0 heterocycles. The van der Waals surface area contributed by atoms with Crippen molar-refractivity contribution in [2.75, 3.05) is 13.7 Å². The fourth-order valence-electron chi connectivity index (χ4n) is 1.51. The maximum absolute atomic E-state index is 11.8. The molecule has 19 heavy (non-hydrogen) atoms. The first-order valence-electron chi connectivity index (χ1n) is 5.84. The maximum Gasteiger partial charge on any atom is 0.328 e. The summed E-state index contributed by atoms with van der Waals surface area (Å²) in [6.07, 6.45) is 2.52. The molecular weight excluding hydrogens is 246 g/mol. The van der Waals surface area contributed by atoms with Crippen molar-refractivity contribution < 1.29 is 19.4 Å². The molecule has 0 radical (unpaired) electrons. The largest absolute Gasteiger partial charge is 0.478 e. The second-order valence-electron chi connectivity index (χ2n) is 4.12. The van der Waals surface area contributed by atoms with Crippen LogP contribution >= 0.6 is 0 Å². The van der Waals surface area contributed by atoms with Gasteiger partial charge in [-0.15, -0.1) is 0 Å². The SMILES string of the molecule is COCC(C)NC(=O)c1ccc(C=CC(=O)O)cc1. The Morgan fingerprint density at radius 1 is 1.37 bits per heavy atom. The number of hydrogen-bond acceptors (Lipinski definition) is 3. The highest BCUT2D eigenvalue weighted by atomic mass is 16.5. The zero-order valence-corrected chi connectivity index (χ0v) is 10.9. The van der Waals surface area contributed by atoms with Gasteiger partial charge in [0, 0.05) is 24.8 Å². The summed E-state index contributed by atoms with van der Waals surface area (Å²) >= 11 is 0.